The highest BCUT2D eigenvalue weighted by Crippen LogP contribution is 2.46. The normalized spacial score (nSPS) is 18.5. The van der Waals surface area contributed by atoms with Gasteiger partial charge in [0.25, 0.3) is 0 Å². The number of aromatic nitrogens is 3. The molecular formula is C20H20N4O2. The molecule has 0 radical (unpaired) electrons. The number of rotatable bonds is 7. The largest absolute Gasteiger partial charge is 0.356 e. The van der Waals surface area contributed by atoms with Crippen LogP contribution in [-0.2, 0) is 11.2 Å². The number of hydrogen-bond acceptors (Lipinski definition) is 5. The lowest BCUT2D eigenvalue weighted by atomic mass is 10.1. The maximum Gasteiger partial charge on any atom is 0.227 e. The molecule has 132 valence electrons. The molecule has 0 aliphatic heterocycles. The number of nitrogens with zero attached hydrogens (tertiary/aromatic N) is 3. The molecule has 2 atom stereocenters. The average molecular weight is 348 g/mol. The summed E-state index contributed by atoms with van der Waals surface area (Å²) in [6, 6.07) is 14.1. The molecule has 6 nitrogen and oxygen atoms in total. The van der Waals surface area contributed by atoms with Crippen molar-refractivity contribution in [1.29, 1.82) is 0 Å². The number of benzene rings is 1. The van der Waals surface area contributed by atoms with Gasteiger partial charge in [0.2, 0.25) is 17.6 Å². The lowest BCUT2D eigenvalue weighted by Gasteiger charge is -2.04. The third-order valence-corrected chi connectivity index (χ3v) is 4.67. The molecule has 1 aliphatic carbocycles. The number of amides is 1. The highest BCUT2D eigenvalue weighted by atomic mass is 16.5. The van der Waals surface area contributed by atoms with Gasteiger partial charge in [-0.25, -0.2) is 0 Å². The van der Waals surface area contributed by atoms with Crippen LogP contribution in [0.25, 0.3) is 11.4 Å². The number of aryl methyl sites for hydroxylation is 1. The molecule has 1 fully saturated rings. The summed E-state index contributed by atoms with van der Waals surface area (Å²) >= 11 is 0. The molecule has 1 amide bonds. The zero-order chi connectivity index (χ0) is 17.8. The van der Waals surface area contributed by atoms with Crippen molar-refractivity contribution >= 4 is 5.91 Å². The predicted molar refractivity (Wildman–Crippen MR) is 96.1 cm³/mol. The summed E-state index contributed by atoms with van der Waals surface area (Å²) in [5.41, 5.74) is 2.16. The minimum atomic E-state index is 0.0184. The summed E-state index contributed by atoms with van der Waals surface area (Å²) in [4.78, 5) is 20.4. The molecule has 0 unspecified atom stereocenters. The van der Waals surface area contributed by atoms with Crippen molar-refractivity contribution in [2.24, 2.45) is 5.92 Å². The molecule has 1 aliphatic rings. The Morgan fingerprint density at radius 2 is 2.08 bits per heavy atom. The van der Waals surface area contributed by atoms with E-state index in [1.807, 2.05) is 18.2 Å². The average Bonchev–Trinajstić information content (AvgIpc) is 3.33. The summed E-state index contributed by atoms with van der Waals surface area (Å²) in [5.74, 6) is 2.10. The van der Waals surface area contributed by atoms with Crippen molar-refractivity contribution in [3.8, 4) is 11.4 Å². The van der Waals surface area contributed by atoms with Crippen LogP contribution in [0, 0.1) is 5.92 Å². The summed E-state index contributed by atoms with van der Waals surface area (Å²) in [5, 5.41) is 6.95. The van der Waals surface area contributed by atoms with E-state index in [1.165, 1.54) is 5.56 Å². The molecule has 1 N–H and O–H groups in total. The van der Waals surface area contributed by atoms with Crippen molar-refractivity contribution < 1.29 is 9.32 Å². The molecule has 3 aromatic rings. The zero-order valence-corrected chi connectivity index (χ0v) is 14.3. The molecule has 2 heterocycles. The molecule has 0 bridgehead atoms. The maximum atomic E-state index is 12.1. The Morgan fingerprint density at radius 1 is 1.19 bits per heavy atom. The number of hydrogen-bond donors (Lipinski definition) is 1. The second kappa shape index (κ2) is 7.47. The zero-order valence-electron chi connectivity index (χ0n) is 14.3. The van der Waals surface area contributed by atoms with Crippen molar-refractivity contribution in [1.82, 2.24) is 20.4 Å². The fraction of sp³-hybridized carbons (Fsp3) is 0.300. The minimum absolute atomic E-state index is 0.0184. The third-order valence-electron chi connectivity index (χ3n) is 4.67. The van der Waals surface area contributed by atoms with E-state index in [0.717, 1.165) is 18.5 Å². The first-order valence-corrected chi connectivity index (χ1v) is 8.84. The summed E-state index contributed by atoms with van der Waals surface area (Å²) in [6.07, 6.45) is 5.29. The predicted octanol–water partition coefficient (Wildman–Crippen LogP) is 2.98. The maximum absolute atomic E-state index is 12.1. The second-order valence-electron chi connectivity index (χ2n) is 6.57. The van der Waals surface area contributed by atoms with Gasteiger partial charge in [-0.15, -0.1) is 0 Å². The van der Waals surface area contributed by atoms with E-state index in [4.69, 9.17) is 4.52 Å². The summed E-state index contributed by atoms with van der Waals surface area (Å²) in [7, 11) is 0. The molecule has 0 spiro atoms. The quantitative estimate of drug-likeness (QED) is 0.710. The Balaban J connectivity index is 1.21. The van der Waals surface area contributed by atoms with Crippen LogP contribution in [0.2, 0.25) is 0 Å². The Hall–Kier alpha value is -3.02. The molecule has 0 saturated heterocycles. The summed E-state index contributed by atoms with van der Waals surface area (Å²) in [6.45, 7) is 0.725. The van der Waals surface area contributed by atoms with Crippen LogP contribution in [-0.4, -0.2) is 27.6 Å². The topological polar surface area (TPSA) is 80.9 Å². The van der Waals surface area contributed by atoms with Gasteiger partial charge in [0.1, 0.15) is 0 Å². The van der Waals surface area contributed by atoms with E-state index in [2.05, 4.69) is 44.7 Å². The van der Waals surface area contributed by atoms with Gasteiger partial charge >= 0.3 is 0 Å². The molecule has 26 heavy (non-hydrogen) atoms. The fourth-order valence-electron chi connectivity index (χ4n) is 3.10. The van der Waals surface area contributed by atoms with E-state index < -0.39 is 0 Å². The van der Waals surface area contributed by atoms with Gasteiger partial charge in [-0.1, -0.05) is 35.5 Å². The van der Waals surface area contributed by atoms with Gasteiger partial charge in [0.15, 0.2) is 0 Å². The minimum Gasteiger partial charge on any atom is -0.356 e. The molecule has 6 heteroatoms. The first-order valence-electron chi connectivity index (χ1n) is 8.84. The van der Waals surface area contributed by atoms with Gasteiger partial charge in [0.05, 0.1) is 0 Å². The van der Waals surface area contributed by atoms with E-state index in [-0.39, 0.29) is 5.91 Å². The standard InChI is InChI=1S/C20H20N4O2/c25-18(22-13-16-11-17(16)14-5-2-1-3-6-14)8-9-19-23-20(24-26-19)15-7-4-10-21-12-15/h1-7,10,12,16-17H,8-9,11,13H2,(H,22,25)/t16-,17-/m0/s1. The van der Waals surface area contributed by atoms with Crippen molar-refractivity contribution in [2.45, 2.75) is 25.2 Å². The highest BCUT2D eigenvalue weighted by Gasteiger charge is 2.37. The van der Waals surface area contributed by atoms with Gasteiger partial charge in [-0.2, -0.15) is 4.98 Å². The van der Waals surface area contributed by atoms with Gasteiger partial charge in [-0.05, 0) is 36.0 Å². The lowest BCUT2D eigenvalue weighted by Crippen LogP contribution is -2.26. The van der Waals surface area contributed by atoms with Crippen LogP contribution in [0.5, 0.6) is 0 Å². The van der Waals surface area contributed by atoms with Crippen LogP contribution in [0.15, 0.2) is 59.4 Å². The van der Waals surface area contributed by atoms with Crippen LogP contribution in [0.3, 0.4) is 0 Å². The Labute approximate surface area is 151 Å². The number of pyridine rings is 1. The van der Waals surface area contributed by atoms with Crippen LogP contribution in [0.4, 0.5) is 0 Å². The molecule has 2 aromatic heterocycles. The van der Waals surface area contributed by atoms with Gasteiger partial charge in [-0.3, -0.25) is 9.78 Å². The monoisotopic (exact) mass is 348 g/mol. The fourth-order valence-corrected chi connectivity index (χ4v) is 3.10. The van der Waals surface area contributed by atoms with Crippen LogP contribution in [0.1, 0.15) is 30.2 Å². The van der Waals surface area contributed by atoms with Crippen molar-refractivity contribution in [3.05, 3.63) is 66.3 Å². The van der Waals surface area contributed by atoms with Crippen LogP contribution >= 0.6 is 0 Å². The highest BCUT2D eigenvalue weighted by molar-refractivity contribution is 5.76. The molecule has 4 rings (SSSR count). The molecular weight excluding hydrogens is 328 g/mol. The van der Waals surface area contributed by atoms with E-state index in [1.54, 1.807) is 12.4 Å². The smallest absolute Gasteiger partial charge is 0.227 e. The Bertz CT molecular complexity index is 864. The Morgan fingerprint density at radius 3 is 2.88 bits per heavy atom. The van der Waals surface area contributed by atoms with Gasteiger partial charge < -0.3 is 9.84 Å². The van der Waals surface area contributed by atoms with Gasteiger partial charge in [0, 0.05) is 37.3 Å². The molecule has 1 aromatic carbocycles. The number of nitrogens with one attached hydrogen (secondary N) is 1. The van der Waals surface area contributed by atoms with E-state index >= 15 is 0 Å². The number of carbonyl (C=O) groups excluding carboxylic acids is 1. The first kappa shape index (κ1) is 16.4. The second-order valence-corrected chi connectivity index (χ2v) is 6.57. The third kappa shape index (κ3) is 3.96. The van der Waals surface area contributed by atoms with Crippen molar-refractivity contribution in [3.63, 3.8) is 0 Å². The lowest BCUT2D eigenvalue weighted by molar-refractivity contribution is -0.121. The molecule has 1 saturated carbocycles. The van der Waals surface area contributed by atoms with Crippen LogP contribution < -0.4 is 5.32 Å². The number of carbonyl (C=O) groups is 1. The Kier molecular flexibility index (Phi) is 4.73. The van der Waals surface area contributed by atoms with Crippen molar-refractivity contribution in [2.75, 3.05) is 6.54 Å². The van der Waals surface area contributed by atoms with E-state index in [0.29, 0.717) is 36.4 Å². The SMILES string of the molecule is O=C(CCc1nc(-c2cccnc2)no1)NC[C@@H]1C[C@H]1c1ccccc1. The van der Waals surface area contributed by atoms with E-state index in [9.17, 15) is 4.79 Å². The summed E-state index contributed by atoms with van der Waals surface area (Å²) < 4.78 is 5.21. The first-order chi connectivity index (χ1) is 12.8.